The van der Waals surface area contributed by atoms with Crippen LogP contribution in [0, 0.1) is 11.8 Å². The summed E-state index contributed by atoms with van der Waals surface area (Å²) in [5, 5.41) is 0.988. The zero-order valence-corrected chi connectivity index (χ0v) is 8.15. The van der Waals surface area contributed by atoms with Crippen LogP contribution >= 0.6 is 11.6 Å². The predicted octanol–water partition coefficient (Wildman–Crippen LogP) is 3.73. The van der Waals surface area contributed by atoms with Gasteiger partial charge in [0, 0.05) is 5.03 Å². The molecule has 0 fully saturated rings. The van der Waals surface area contributed by atoms with Crippen LogP contribution in [-0.2, 0) is 0 Å². The highest BCUT2D eigenvalue weighted by atomic mass is 35.5. The molecule has 0 aromatic rings. The van der Waals surface area contributed by atoms with Gasteiger partial charge in [-0.3, -0.25) is 0 Å². The topological polar surface area (TPSA) is 0 Å². The van der Waals surface area contributed by atoms with Crippen LogP contribution in [0.2, 0.25) is 0 Å². The molecule has 0 nitrogen and oxygen atoms in total. The lowest BCUT2D eigenvalue weighted by Gasteiger charge is -2.21. The maximum atomic E-state index is 5.90. The van der Waals surface area contributed by atoms with Crippen molar-refractivity contribution in [3.05, 3.63) is 22.8 Å². The summed E-state index contributed by atoms with van der Waals surface area (Å²) in [7, 11) is 0. The van der Waals surface area contributed by atoms with Crippen molar-refractivity contribution < 1.29 is 0 Å². The fourth-order valence-corrected chi connectivity index (χ4v) is 1.89. The molecule has 0 aromatic heterocycles. The second kappa shape index (κ2) is 3.44. The first-order valence-corrected chi connectivity index (χ1v) is 4.55. The van der Waals surface area contributed by atoms with Crippen molar-refractivity contribution in [2.45, 2.75) is 27.2 Å². The standard InChI is InChI=1S/C10H15Cl/c1-7(2)10-5-4-9(11)6-8(10)3/h4-5,7-8H,6H2,1-3H3. The monoisotopic (exact) mass is 170 g/mol. The molecule has 1 atom stereocenters. The van der Waals surface area contributed by atoms with Crippen LogP contribution in [-0.4, -0.2) is 0 Å². The van der Waals surface area contributed by atoms with Gasteiger partial charge >= 0.3 is 0 Å². The molecule has 0 saturated heterocycles. The number of rotatable bonds is 1. The second-order valence-corrected chi connectivity index (χ2v) is 4.03. The van der Waals surface area contributed by atoms with Gasteiger partial charge in [0.15, 0.2) is 0 Å². The third-order valence-corrected chi connectivity index (χ3v) is 2.47. The first-order chi connectivity index (χ1) is 5.11. The van der Waals surface area contributed by atoms with Gasteiger partial charge in [0.1, 0.15) is 0 Å². The van der Waals surface area contributed by atoms with Gasteiger partial charge in [0.05, 0.1) is 0 Å². The molecule has 1 heteroatoms. The van der Waals surface area contributed by atoms with Crippen molar-refractivity contribution in [3.8, 4) is 0 Å². The van der Waals surface area contributed by atoms with E-state index in [-0.39, 0.29) is 0 Å². The Bertz CT molecular complexity index is 199. The van der Waals surface area contributed by atoms with E-state index in [1.165, 1.54) is 5.57 Å². The van der Waals surface area contributed by atoms with Crippen LogP contribution in [0.25, 0.3) is 0 Å². The molecule has 0 bridgehead atoms. The highest BCUT2D eigenvalue weighted by molar-refractivity contribution is 6.29. The second-order valence-electron chi connectivity index (χ2n) is 3.54. The van der Waals surface area contributed by atoms with Crippen molar-refractivity contribution in [1.82, 2.24) is 0 Å². The van der Waals surface area contributed by atoms with Crippen LogP contribution in [0.4, 0.5) is 0 Å². The molecule has 1 aliphatic rings. The number of hydrogen-bond acceptors (Lipinski definition) is 0. The fourth-order valence-electron chi connectivity index (χ4n) is 1.59. The molecule has 0 aromatic carbocycles. The maximum absolute atomic E-state index is 5.90. The molecule has 62 valence electrons. The molecule has 0 heterocycles. The Morgan fingerprint density at radius 1 is 1.45 bits per heavy atom. The quantitative estimate of drug-likeness (QED) is 0.563. The van der Waals surface area contributed by atoms with Gasteiger partial charge in [-0.15, -0.1) is 0 Å². The molecule has 0 aliphatic heterocycles. The van der Waals surface area contributed by atoms with E-state index >= 15 is 0 Å². The van der Waals surface area contributed by atoms with E-state index in [1.54, 1.807) is 0 Å². The third-order valence-electron chi connectivity index (χ3n) is 2.19. The van der Waals surface area contributed by atoms with Gasteiger partial charge in [0.25, 0.3) is 0 Å². The van der Waals surface area contributed by atoms with Gasteiger partial charge < -0.3 is 0 Å². The molecule has 0 radical (unpaired) electrons. The molecule has 0 N–H and O–H groups in total. The van der Waals surface area contributed by atoms with E-state index < -0.39 is 0 Å². The molecular formula is C10H15Cl. The van der Waals surface area contributed by atoms with Gasteiger partial charge in [-0.05, 0) is 24.3 Å². The summed E-state index contributed by atoms with van der Waals surface area (Å²) in [6, 6.07) is 0. The molecule has 0 amide bonds. The molecule has 1 aliphatic carbocycles. The first kappa shape index (κ1) is 8.86. The van der Waals surface area contributed by atoms with E-state index in [1.807, 2.05) is 6.08 Å². The average Bonchev–Trinajstić information content (AvgIpc) is 1.85. The Hall–Kier alpha value is -0.230. The summed E-state index contributed by atoms with van der Waals surface area (Å²) < 4.78 is 0. The summed E-state index contributed by atoms with van der Waals surface area (Å²) in [6.07, 6.45) is 5.21. The SMILES string of the molecule is CC(C)C1=CC=C(Cl)CC1C. The average molecular weight is 171 g/mol. The van der Waals surface area contributed by atoms with E-state index in [9.17, 15) is 0 Å². The molecule has 0 saturated carbocycles. The third kappa shape index (κ3) is 2.10. The number of allylic oxidation sites excluding steroid dienone is 4. The lowest BCUT2D eigenvalue weighted by atomic mass is 9.86. The van der Waals surface area contributed by atoms with Gasteiger partial charge in [-0.25, -0.2) is 0 Å². The zero-order valence-electron chi connectivity index (χ0n) is 7.39. The molecule has 0 spiro atoms. The summed E-state index contributed by atoms with van der Waals surface area (Å²) in [4.78, 5) is 0. The Labute approximate surface area is 73.9 Å². The minimum absolute atomic E-state index is 0.632. The van der Waals surface area contributed by atoms with Crippen LogP contribution in [0.3, 0.4) is 0 Å². The minimum Gasteiger partial charge on any atom is -0.0891 e. The zero-order chi connectivity index (χ0) is 8.43. The highest BCUT2D eigenvalue weighted by Crippen LogP contribution is 2.30. The van der Waals surface area contributed by atoms with Crippen LogP contribution in [0.5, 0.6) is 0 Å². The summed E-state index contributed by atoms with van der Waals surface area (Å²) in [6.45, 7) is 6.70. The molecular weight excluding hydrogens is 156 g/mol. The van der Waals surface area contributed by atoms with Gasteiger partial charge in [0.2, 0.25) is 0 Å². The van der Waals surface area contributed by atoms with Crippen LogP contribution < -0.4 is 0 Å². The molecule has 11 heavy (non-hydrogen) atoms. The molecule has 1 rings (SSSR count). The van der Waals surface area contributed by atoms with Crippen molar-refractivity contribution in [2.24, 2.45) is 11.8 Å². The van der Waals surface area contributed by atoms with Crippen molar-refractivity contribution in [3.63, 3.8) is 0 Å². The van der Waals surface area contributed by atoms with E-state index in [2.05, 4.69) is 26.8 Å². The molecule has 1 unspecified atom stereocenters. The number of halogens is 1. The Balaban J connectivity index is 2.78. The van der Waals surface area contributed by atoms with Crippen LogP contribution in [0.15, 0.2) is 22.8 Å². The maximum Gasteiger partial charge on any atom is 0.0186 e. The largest absolute Gasteiger partial charge is 0.0891 e. The van der Waals surface area contributed by atoms with Crippen molar-refractivity contribution >= 4 is 11.6 Å². The Morgan fingerprint density at radius 3 is 2.55 bits per heavy atom. The van der Waals surface area contributed by atoms with Crippen molar-refractivity contribution in [1.29, 1.82) is 0 Å². The van der Waals surface area contributed by atoms with E-state index in [4.69, 9.17) is 11.6 Å². The summed E-state index contributed by atoms with van der Waals surface area (Å²) in [5.74, 6) is 1.29. The fraction of sp³-hybridized carbons (Fsp3) is 0.600. The predicted molar refractivity (Wildman–Crippen MR) is 50.6 cm³/mol. The highest BCUT2D eigenvalue weighted by Gasteiger charge is 2.15. The Kier molecular flexibility index (Phi) is 2.78. The van der Waals surface area contributed by atoms with Gasteiger partial charge in [-0.2, -0.15) is 0 Å². The van der Waals surface area contributed by atoms with Gasteiger partial charge in [-0.1, -0.05) is 44.0 Å². The van der Waals surface area contributed by atoms with Crippen molar-refractivity contribution in [2.75, 3.05) is 0 Å². The lowest BCUT2D eigenvalue weighted by Crippen LogP contribution is -2.08. The smallest absolute Gasteiger partial charge is 0.0186 e. The lowest BCUT2D eigenvalue weighted by molar-refractivity contribution is 0.579. The number of hydrogen-bond donors (Lipinski definition) is 0. The summed E-state index contributed by atoms with van der Waals surface area (Å²) in [5.41, 5.74) is 1.52. The van der Waals surface area contributed by atoms with E-state index in [0.29, 0.717) is 11.8 Å². The van der Waals surface area contributed by atoms with Crippen LogP contribution in [0.1, 0.15) is 27.2 Å². The minimum atomic E-state index is 0.632. The van der Waals surface area contributed by atoms with E-state index in [0.717, 1.165) is 11.5 Å². The summed E-state index contributed by atoms with van der Waals surface area (Å²) >= 11 is 5.90. The first-order valence-electron chi connectivity index (χ1n) is 4.17. The Morgan fingerprint density at radius 2 is 2.09 bits per heavy atom. The normalized spacial score (nSPS) is 25.0.